The van der Waals surface area contributed by atoms with Crippen LogP contribution in [0, 0.1) is 11.3 Å². The van der Waals surface area contributed by atoms with Crippen LogP contribution in [0.2, 0.25) is 0 Å². The number of amides is 1. The molecule has 1 aliphatic carbocycles. The molecule has 0 radical (unpaired) electrons. The molecule has 1 aliphatic heterocycles. The Balaban J connectivity index is 1.19. The number of piperazine rings is 1. The van der Waals surface area contributed by atoms with Gasteiger partial charge in [-0.05, 0) is 55.5 Å². The van der Waals surface area contributed by atoms with Crippen LogP contribution in [0.3, 0.4) is 0 Å². The molecule has 0 bridgehead atoms. The molecule has 0 saturated carbocycles. The number of carbonyl (C=O) groups excluding carboxylic acids is 1. The van der Waals surface area contributed by atoms with Gasteiger partial charge in [0.25, 0.3) is 0 Å². The van der Waals surface area contributed by atoms with E-state index in [-0.39, 0.29) is 5.91 Å². The quantitative estimate of drug-likeness (QED) is 0.527. The van der Waals surface area contributed by atoms with Crippen molar-refractivity contribution in [1.82, 2.24) is 14.4 Å². The fourth-order valence-corrected chi connectivity index (χ4v) is 5.25. The van der Waals surface area contributed by atoms with Crippen LogP contribution < -0.4 is 10.1 Å². The van der Waals surface area contributed by atoms with Gasteiger partial charge in [-0.1, -0.05) is 36.4 Å². The Morgan fingerprint density at radius 2 is 1.58 bits per heavy atom. The van der Waals surface area contributed by atoms with Gasteiger partial charge in [-0.3, -0.25) is 19.2 Å². The smallest absolute Gasteiger partial charge is 0.239 e. The van der Waals surface area contributed by atoms with E-state index in [2.05, 4.69) is 25.8 Å². The lowest BCUT2D eigenvalue weighted by molar-refractivity contribution is -0.117. The molecule has 5 rings (SSSR count). The first-order valence-electron chi connectivity index (χ1n) is 12.9. The lowest BCUT2D eigenvalue weighted by Crippen LogP contribution is -2.49. The lowest BCUT2D eigenvalue weighted by atomic mass is 9.95. The lowest BCUT2D eigenvalue weighted by Gasteiger charge is -2.34. The van der Waals surface area contributed by atoms with Gasteiger partial charge in [-0.25, -0.2) is 0 Å². The number of ether oxygens (including phenoxy) is 1. The third-order valence-electron chi connectivity index (χ3n) is 7.11. The summed E-state index contributed by atoms with van der Waals surface area (Å²) in [5.74, 6) is 1.45. The average Bonchev–Trinajstić information content (AvgIpc) is 3.23. The highest BCUT2D eigenvalue weighted by Gasteiger charge is 2.27. The van der Waals surface area contributed by atoms with Crippen LogP contribution in [0.5, 0.6) is 5.75 Å². The molecule has 0 atom stereocenters. The maximum absolute atomic E-state index is 13.1. The zero-order valence-electron chi connectivity index (χ0n) is 20.7. The average molecular weight is 484 g/mol. The number of benzene rings is 2. The van der Waals surface area contributed by atoms with E-state index < -0.39 is 0 Å². The van der Waals surface area contributed by atoms with Gasteiger partial charge in [0.2, 0.25) is 5.91 Å². The van der Waals surface area contributed by atoms with Gasteiger partial charge >= 0.3 is 0 Å². The fourth-order valence-electron chi connectivity index (χ4n) is 5.25. The largest absolute Gasteiger partial charge is 0.492 e. The van der Waals surface area contributed by atoms with Gasteiger partial charge in [-0.2, -0.15) is 5.26 Å². The van der Waals surface area contributed by atoms with E-state index in [4.69, 9.17) is 4.74 Å². The van der Waals surface area contributed by atoms with Gasteiger partial charge in [0.1, 0.15) is 24.2 Å². The number of nitrogens with zero attached hydrogens (tertiary/aromatic N) is 4. The predicted molar refractivity (Wildman–Crippen MR) is 141 cm³/mol. The monoisotopic (exact) mass is 483 g/mol. The number of nitriles is 1. The van der Waals surface area contributed by atoms with Gasteiger partial charge in [-0.15, -0.1) is 0 Å². The van der Waals surface area contributed by atoms with Crippen molar-refractivity contribution >= 4 is 11.7 Å². The van der Waals surface area contributed by atoms with Crippen molar-refractivity contribution < 1.29 is 9.53 Å². The summed E-state index contributed by atoms with van der Waals surface area (Å²) < 4.78 is 7.92. The number of hydrogen-bond acceptors (Lipinski definition) is 5. The topological polar surface area (TPSA) is 73.5 Å². The second-order valence-corrected chi connectivity index (χ2v) is 9.47. The van der Waals surface area contributed by atoms with Crippen LogP contribution in [0.4, 0.5) is 5.82 Å². The molecule has 0 spiro atoms. The minimum atomic E-state index is -0.0700. The first-order chi connectivity index (χ1) is 17.7. The highest BCUT2D eigenvalue weighted by molar-refractivity contribution is 5.93. The molecule has 2 aromatic carbocycles. The summed E-state index contributed by atoms with van der Waals surface area (Å²) in [6.45, 7) is 5.33. The molecule has 1 amide bonds. The third-order valence-corrected chi connectivity index (χ3v) is 7.11. The molecule has 186 valence electrons. The van der Waals surface area contributed by atoms with Crippen molar-refractivity contribution in [2.45, 2.75) is 25.7 Å². The summed E-state index contributed by atoms with van der Waals surface area (Å²) in [4.78, 5) is 17.7. The molecule has 1 fully saturated rings. The van der Waals surface area contributed by atoms with Crippen LogP contribution in [-0.4, -0.2) is 66.1 Å². The number of fused-ring (bicyclic) bond motifs is 1. The van der Waals surface area contributed by atoms with E-state index in [0.717, 1.165) is 81.1 Å². The minimum absolute atomic E-state index is 0.0700. The van der Waals surface area contributed by atoms with E-state index in [0.29, 0.717) is 24.5 Å². The van der Waals surface area contributed by atoms with Crippen molar-refractivity contribution in [2.24, 2.45) is 0 Å². The fraction of sp³-hybridized carbons (Fsp3) is 0.379. The highest BCUT2D eigenvalue weighted by atomic mass is 16.5. The summed E-state index contributed by atoms with van der Waals surface area (Å²) in [5, 5.41) is 13.1. The summed E-state index contributed by atoms with van der Waals surface area (Å²) in [6.07, 6.45) is 3.99. The number of para-hydroxylation sites is 2. The standard InChI is InChI=1S/C29H33N5O2/c30-21-26-25-13-7-8-14-27(25)34(23-9-3-1-4-10-23)29(26)31-28(35)22-33-17-15-32(16-18-33)19-20-36-24-11-5-2-6-12-24/h1-6,9-12H,7-8,13-20,22H2,(H,31,35). The zero-order chi connectivity index (χ0) is 24.7. The van der Waals surface area contributed by atoms with E-state index in [1.54, 1.807) is 0 Å². The second kappa shape index (κ2) is 11.4. The molecule has 2 aliphatic rings. The third kappa shape index (κ3) is 5.46. The van der Waals surface area contributed by atoms with E-state index in [1.807, 2.05) is 60.7 Å². The Kier molecular flexibility index (Phi) is 7.65. The maximum atomic E-state index is 13.1. The van der Waals surface area contributed by atoms with Gasteiger partial charge in [0.05, 0.1) is 12.1 Å². The van der Waals surface area contributed by atoms with Crippen molar-refractivity contribution in [1.29, 1.82) is 5.26 Å². The van der Waals surface area contributed by atoms with E-state index >= 15 is 0 Å². The Labute approximate surface area is 212 Å². The molecule has 3 aromatic rings. The number of rotatable bonds is 8. The van der Waals surface area contributed by atoms with Crippen molar-refractivity contribution in [2.75, 3.05) is 51.2 Å². The number of hydrogen-bond donors (Lipinski definition) is 1. The molecule has 1 aromatic heterocycles. The molecule has 7 nitrogen and oxygen atoms in total. The number of aromatic nitrogens is 1. The van der Waals surface area contributed by atoms with Crippen LogP contribution in [0.25, 0.3) is 5.69 Å². The Morgan fingerprint density at radius 1 is 0.917 bits per heavy atom. The van der Waals surface area contributed by atoms with Crippen LogP contribution >= 0.6 is 0 Å². The number of anilines is 1. The Hall–Kier alpha value is -3.60. The molecule has 1 saturated heterocycles. The Morgan fingerprint density at radius 3 is 2.31 bits per heavy atom. The van der Waals surface area contributed by atoms with Crippen LogP contribution in [0.1, 0.15) is 29.7 Å². The molecule has 1 N–H and O–H groups in total. The Bertz CT molecular complexity index is 1210. The minimum Gasteiger partial charge on any atom is -0.492 e. The summed E-state index contributed by atoms with van der Waals surface area (Å²) in [7, 11) is 0. The normalized spacial score (nSPS) is 16.2. The first-order valence-corrected chi connectivity index (χ1v) is 12.9. The van der Waals surface area contributed by atoms with Crippen molar-refractivity contribution in [3.05, 3.63) is 77.5 Å². The molecule has 36 heavy (non-hydrogen) atoms. The summed E-state index contributed by atoms with van der Waals surface area (Å²) in [6, 6.07) is 22.3. The van der Waals surface area contributed by atoms with Crippen molar-refractivity contribution in [3.8, 4) is 17.5 Å². The van der Waals surface area contributed by atoms with Gasteiger partial charge < -0.3 is 10.1 Å². The van der Waals surface area contributed by atoms with Crippen molar-refractivity contribution in [3.63, 3.8) is 0 Å². The maximum Gasteiger partial charge on any atom is 0.239 e. The zero-order valence-corrected chi connectivity index (χ0v) is 20.7. The van der Waals surface area contributed by atoms with E-state index in [1.165, 1.54) is 0 Å². The molecular weight excluding hydrogens is 450 g/mol. The molecular formula is C29H33N5O2. The first kappa shape index (κ1) is 24.1. The molecule has 2 heterocycles. The highest BCUT2D eigenvalue weighted by Crippen LogP contribution is 2.35. The van der Waals surface area contributed by atoms with Gasteiger partial charge in [0, 0.05) is 44.1 Å². The summed E-state index contributed by atoms with van der Waals surface area (Å²) >= 11 is 0. The second-order valence-electron chi connectivity index (χ2n) is 9.47. The number of nitrogens with one attached hydrogen (secondary N) is 1. The van der Waals surface area contributed by atoms with E-state index in [9.17, 15) is 10.1 Å². The van der Waals surface area contributed by atoms with Crippen LogP contribution in [0.15, 0.2) is 60.7 Å². The molecule has 0 unspecified atom stereocenters. The summed E-state index contributed by atoms with van der Waals surface area (Å²) in [5.41, 5.74) is 3.85. The number of carbonyl (C=O) groups is 1. The SMILES string of the molecule is N#Cc1c2c(n(-c3ccccc3)c1NC(=O)CN1CCN(CCOc3ccccc3)CC1)CCCC2. The van der Waals surface area contributed by atoms with Crippen LogP contribution in [-0.2, 0) is 17.6 Å². The molecule has 7 heteroatoms. The predicted octanol–water partition coefficient (Wildman–Crippen LogP) is 3.86. The van der Waals surface area contributed by atoms with Gasteiger partial charge in [0.15, 0.2) is 0 Å².